The summed E-state index contributed by atoms with van der Waals surface area (Å²) >= 11 is 1.47. The number of esters is 1. The highest BCUT2D eigenvalue weighted by atomic mass is 32.1. The van der Waals surface area contributed by atoms with Gasteiger partial charge in [0.05, 0.1) is 25.3 Å². The van der Waals surface area contributed by atoms with Crippen molar-refractivity contribution in [3.8, 4) is 5.75 Å². The molecule has 1 amide bonds. The summed E-state index contributed by atoms with van der Waals surface area (Å²) in [5.74, 6) is -0.205. The molecule has 144 valence electrons. The summed E-state index contributed by atoms with van der Waals surface area (Å²) in [4.78, 5) is 26.6. The van der Waals surface area contributed by atoms with Crippen LogP contribution in [0.4, 0.5) is 5.00 Å². The third-order valence-corrected chi connectivity index (χ3v) is 6.31. The third kappa shape index (κ3) is 3.24. The molecule has 0 unspecified atom stereocenters. The number of thiophene rings is 1. The highest BCUT2D eigenvalue weighted by Gasteiger charge is 2.27. The molecule has 0 bridgehead atoms. The second-order valence-electron chi connectivity index (χ2n) is 6.76. The van der Waals surface area contributed by atoms with Crippen LogP contribution in [0, 0.1) is 0 Å². The Balaban J connectivity index is 1.74. The van der Waals surface area contributed by atoms with Crippen LogP contribution in [-0.4, -0.2) is 26.1 Å². The van der Waals surface area contributed by atoms with E-state index in [1.165, 1.54) is 18.4 Å². The van der Waals surface area contributed by atoms with Gasteiger partial charge in [-0.05, 0) is 54.2 Å². The minimum Gasteiger partial charge on any atom is -0.496 e. The number of ether oxygens (including phenoxy) is 2. The molecule has 28 heavy (non-hydrogen) atoms. The number of aryl methyl sites for hydroxylation is 1. The van der Waals surface area contributed by atoms with E-state index in [1.54, 1.807) is 7.11 Å². The number of carbonyl (C=O) groups excluding carboxylic acids is 2. The van der Waals surface area contributed by atoms with Crippen LogP contribution in [0.5, 0.6) is 5.75 Å². The third-order valence-electron chi connectivity index (χ3n) is 5.10. The van der Waals surface area contributed by atoms with Gasteiger partial charge in [-0.3, -0.25) is 4.79 Å². The molecule has 2 aromatic carbocycles. The standard InChI is InChI=1S/C22H21NO4S/c1-26-17-12-14-8-4-3-7-13(14)11-16(17)20(24)23-21-19(22(25)27-2)15-9-5-6-10-18(15)28-21/h3-4,7-8,11-12H,5-6,9-10H2,1-2H3,(H,23,24). The predicted octanol–water partition coefficient (Wildman–Crippen LogP) is 4.83. The summed E-state index contributed by atoms with van der Waals surface area (Å²) < 4.78 is 10.4. The number of fused-ring (bicyclic) bond motifs is 2. The average Bonchev–Trinajstić information content (AvgIpc) is 3.09. The maximum Gasteiger partial charge on any atom is 0.341 e. The Morgan fingerprint density at radius 1 is 1.04 bits per heavy atom. The zero-order valence-corrected chi connectivity index (χ0v) is 16.7. The number of methoxy groups -OCH3 is 2. The Kier molecular flexibility index (Phi) is 5.05. The van der Waals surface area contributed by atoms with Gasteiger partial charge in [-0.2, -0.15) is 0 Å². The molecule has 1 aliphatic carbocycles. The monoisotopic (exact) mass is 395 g/mol. The Labute approximate surface area is 167 Å². The largest absolute Gasteiger partial charge is 0.496 e. The second-order valence-corrected chi connectivity index (χ2v) is 7.87. The van der Waals surface area contributed by atoms with Gasteiger partial charge in [0.15, 0.2) is 0 Å². The number of hydrogen-bond acceptors (Lipinski definition) is 5. The lowest BCUT2D eigenvalue weighted by atomic mass is 9.95. The number of carbonyl (C=O) groups is 2. The molecule has 0 radical (unpaired) electrons. The van der Waals surface area contributed by atoms with Crippen LogP contribution >= 0.6 is 11.3 Å². The fourth-order valence-electron chi connectivity index (χ4n) is 3.71. The van der Waals surface area contributed by atoms with Gasteiger partial charge in [-0.25, -0.2) is 4.79 Å². The molecule has 3 aromatic rings. The van der Waals surface area contributed by atoms with E-state index in [0.717, 1.165) is 46.9 Å². The van der Waals surface area contributed by atoms with Crippen molar-refractivity contribution in [1.82, 2.24) is 0 Å². The first-order valence-electron chi connectivity index (χ1n) is 9.23. The molecule has 0 atom stereocenters. The van der Waals surface area contributed by atoms with Crippen molar-refractivity contribution < 1.29 is 19.1 Å². The highest BCUT2D eigenvalue weighted by Crippen LogP contribution is 2.39. The maximum atomic E-state index is 13.1. The number of rotatable bonds is 4. The molecule has 0 fully saturated rings. The highest BCUT2D eigenvalue weighted by molar-refractivity contribution is 7.17. The van der Waals surface area contributed by atoms with E-state index in [-0.39, 0.29) is 5.91 Å². The number of hydrogen-bond donors (Lipinski definition) is 1. The van der Waals surface area contributed by atoms with Crippen LogP contribution in [0.1, 0.15) is 44.0 Å². The van der Waals surface area contributed by atoms with Gasteiger partial charge >= 0.3 is 5.97 Å². The molecule has 0 saturated carbocycles. The van der Waals surface area contributed by atoms with E-state index < -0.39 is 5.97 Å². The zero-order chi connectivity index (χ0) is 19.7. The minimum atomic E-state index is -0.403. The smallest absolute Gasteiger partial charge is 0.341 e. The van der Waals surface area contributed by atoms with Gasteiger partial charge in [-0.15, -0.1) is 11.3 Å². The van der Waals surface area contributed by atoms with Gasteiger partial charge in [-0.1, -0.05) is 24.3 Å². The van der Waals surface area contributed by atoms with Crippen molar-refractivity contribution in [1.29, 1.82) is 0 Å². The Morgan fingerprint density at radius 2 is 1.75 bits per heavy atom. The lowest BCUT2D eigenvalue weighted by molar-refractivity contribution is 0.0601. The average molecular weight is 395 g/mol. The maximum absolute atomic E-state index is 13.1. The van der Waals surface area contributed by atoms with Gasteiger partial charge in [0.2, 0.25) is 0 Å². The second kappa shape index (κ2) is 7.64. The Hall–Kier alpha value is -2.86. The lowest BCUT2D eigenvalue weighted by Gasteiger charge is -2.12. The van der Waals surface area contributed by atoms with Crippen LogP contribution in [0.2, 0.25) is 0 Å². The van der Waals surface area contributed by atoms with Crippen molar-refractivity contribution in [2.75, 3.05) is 19.5 Å². The summed E-state index contributed by atoms with van der Waals surface area (Å²) in [6.45, 7) is 0. The molecule has 0 spiro atoms. The van der Waals surface area contributed by atoms with Gasteiger partial charge in [0, 0.05) is 4.88 Å². The molecule has 1 aliphatic rings. The molecular weight excluding hydrogens is 374 g/mol. The molecule has 6 heteroatoms. The minimum absolute atomic E-state index is 0.300. The van der Waals surface area contributed by atoms with Crippen molar-refractivity contribution in [3.05, 3.63) is 58.0 Å². The van der Waals surface area contributed by atoms with Crippen molar-refractivity contribution in [3.63, 3.8) is 0 Å². The number of amides is 1. The number of anilines is 1. The molecule has 4 rings (SSSR count). The van der Waals surface area contributed by atoms with E-state index in [2.05, 4.69) is 5.32 Å². The van der Waals surface area contributed by atoms with Crippen LogP contribution < -0.4 is 10.1 Å². The predicted molar refractivity (Wildman–Crippen MR) is 111 cm³/mol. The summed E-state index contributed by atoms with van der Waals surface area (Å²) in [5.41, 5.74) is 1.95. The Bertz CT molecular complexity index is 1070. The van der Waals surface area contributed by atoms with Crippen LogP contribution in [0.15, 0.2) is 36.4 Å². The fraction of sp³-hybridized carbons (Fsp3) is 0.273. The molecule has 1 aromatic heterocycles. The Morgan fingerprint density at radius 3 is 2.46 bits per heavy atom. The first kappa shape index (κ1) is 18.5. The van der Waals surface area contributed by atoms with E-state index >= 15 is 0 Å². The summed E-state index contributed by atoms with van der Waals surface area (Å²) in [7, 11) is 2.91. The molecule has 5 nitrogen and oxygen atoms in total. The van der Waals surface area contributed by atoms with Crippen LogP contribution in [-0.2, 0) is 17.6 Å². The van der Waals surface area contributed by atoms with E-state index in [9.17, 15) is 9.59 Å². The molecular formula is C22H21NO4S. The van der Waals surface area contributed by atoms with Crippen LogP contribution in [0.25, 0.3) is 10.8 Å². The lowest BCUT2D eigenvalue weighted by Crippen LogP contribution is -2.16. The van der Waals surface area contributed by atoms with Gasteiger partial charge < -0.3 is 14.8 Å². The summed E-state index contributed by atoms with van der Waals surface area (Å²) in [6.07, 6.45) is 3.91. The SMILES string of the molecule is COC(=O)c1c(NC(=O)c2cc3ccccc3cc2OC)sc2c1CCCC2. The zero-order valence-electron chi connectivity index (χ0n) is 15.8. The van der Waals surface area contributed by atoms with Gasteiger partial charge in [0.1, 0.15) is 10.8 Å². The van der Waals surface area contributed by atoms with E-state index in [1.807, 2.05) is 36.4 Å². The topological polar surface area (TPSA) is 64.6 Å². The van der Waals surface area contributed by atoms with Crippen LogP contribution in [0.3, 0.4) is 0 Å². The fourth-order valence-corrected chi connectivity index (χ4v) is 4.98. The molecule has 1 heterocycles. The normalized spacial score (nSPS) is 13.1. The van der Waals surface area contributed by atoms with Crippen molar-refractivity contribution >= 4 is 39.0 Å². The first-order chi connectivity index (χ1) is 13.6. The van der Waals surface area contributed by atoms with Crippen molar-refractivity contribution in [2.45, 2.75) is 25.7 Å². The molecule has 0 aliphatic heterocycles. The molecule has 1 N–H and O–H groups in total. The van der Waals surface area contributed by atoms with Crippen molar-refractivity contribution in [2.24, 2.45) is 0 Å². The quantitative estimate of drug-likeness (QED) is 0.643. The van der Waals surface area contributed by atoms with E-state index in [4.69, 9.17) is 9.47 Å². The van der Waals surface area contributed by atoms with E-state index in [0.29, 0.717) is 21.9 Å². The summed E-state index contributed by atoms with van der Waals surface area (Å²) in [6, 6.07) is 11.5. The first-order valence-corrected chi connectivity index (χ1v) is 10.0. The number of benzene rings is 2. The summed E-state index contributed by atoms with van der Waals surface area (Å²) in [5, 5.41) is 5.44. The van der Waals surface area contributed by atoms with Gasteiger partial charge in [0.25, 0.3) is 5.91 Å². The molecule has 0 saturated heterocycles. The number of nitrogens with one attached hydrogen (secondary N) is 1.